The lowest BCUT2D eigenvalue weighted by atomic mass is 10.1. The van der Waals surface area contributed by atoms with Gasteiger partial charge in [0, 0.05) is 38.3 Å². The molecule has 0 atom stereocenters. The Morgan fingerprint density at radius 3 is 2.34 bits per heavy atom. The number of nitro benzene ring substituents is 1. The first-order chi connectivity index (χ1) is 13.7. The minimum atomic E-state index is -3.95. The second-order valence-electron chi connectivity index (χ2n) is 7.10. The van der Waals surface area contributed by atoms with E-state index in [2.05, 4.69) is 4.90 Å². The van der Waals surface area contributed by atoms with Gasteiger partial charge in [-0.15, -0.1) is 0 Å². The number of likely N-dealkylation sites (N-methyl/N-ethyl adjacent to an activating group) is 1. The van der Waals surface area contributed by atoms with Crippen molar-refractivity contribution in [1.82, 2.24) is 9.21 Å². The van der Waals surface area contributed by atoms with E-state index in [9.17, 15) is 18.5 Å². The van der Waals surface area contributed by atoms with Gasteiger partial charge < -0.3 is 9.64 Å². The number of aryl methyl sites for hydroxylation is 2. The Bertz CT molecular complexity index is 1010. The molecule has 1 aliphatic heterocycles. The molecule has 1 aliphatic rings. The average molecular weight is 420 g/mol. The molecule has 0 spiro atoms. The van der Waals surface area contributed by atoms with Crippen LogP contribution in [-0.4, -0.2) is 55.3 Å². The van der Waals surface area contributed by atoms with E-state index < -0.39 is 14.9 Å². The second-order valence-corrected chi connectivity index (χ2v) is 9.00. The number of benzene rings is 2. The number of sulfonamides is 1. The third kappa shape index (κ3) is 4.58. The highest BCUT2D eigenvalue weighted by molar-refractivity contribution is 7.89. The fourth-order valence-electron chi connectivity index (χ4n) is 3.26. The molecule has 9 heteroatoms. The summed E-state index contributed by atoms with van der Waals surface area (Å²) in [6.45, 7) is 8.57. The zero-order valence-electron chi connectivity index (χ0n) is 16.8. The maximum Gasteiger partial charge on any atom is 0.271 e. The van der Waals surface area contributed by atoms with E-state index in [1.807, 2.05) is 39.0 Å². The quantitative estimate of drug-likeness (QED) is 0.527. The van der Waals surface area contributed by atoms with Gasteiger partial charge in [-0.1, -0.05) is 19.1 Å². The van der Waals surface area contributed by atoms with Crippen LogP contribution in [-0.2, 0) is 10.0 Å². The Kier molecular flexibility index (Phi) is 6.21. The van der Waals surface area contributed by atoms with Crippen molar-refractivity contribution in [2.75, 3.05) is 32.7 Å². The van der Waals surface area contributed by atoms with Crippen LogP contribution in [0.15, 0.2) is 41.3 Å². The van der Waals surface area contributed by atoms with Gasteiger partial charge in [-0.3, -0.25) is 10.1 Å². The molecule has 0 N–H and O–H groups in total. The fraction of sp³-hybridized carbons (Fsp3) is 0.400. The molecule has 0 saturated carbocycles. The molecule has 3 rings (SSSR count). The molecule has 2 aromatic carbocycles. The van der Waals surface area contributed by atoms with Gasteiger partial charge >= 0.3 is 0 Å². The van der Waals surface area contributed by atoms with Crippen molar-refractivity contribution in [1.29, 1.82) is 0 Å². The first-order valence-corrected chi connectivity index (χ1v) is 10.9. The third-order valence-electron chi connectivity index (χ3n) is 5.10. The molecule has 8 nitrogen and oxygen atoms in total. The predicted octanol–water partition coefficient (Wildman–Crippen LogP) is 3.33. The van der Waals surface area contributed by atoms with E-state index in [0.29, 0.717) is 31.9 Å². The van der Waals surface area contributed by atoms with E-state index in [1.165, 1.54) is 16.4 Å². The van der Waals surface area contributed by atoms with Crippen LogP contribution in [0, 0.1) is 24.0 Å². The van der Waals surface area contributed by atoms with Gasteiger partial charge in [-0.25, -0.2) is 8.42 Å². The van der Waals surface area contributed by atoms with Crippen molar-refractivity contribution >= 4 is 15.7 Å². The number of nitro groups is 1. The summed E-state index contributed by atoms with van der Waals surface area (Å²) in [6, 6.07) is 9.33. The van der Waals surface area contributed by atoms with Crippen molar-refractivity contribution < 1.29 is 18.1 Å². The number of rotatable bonds is 6. The molecule has 0 aromatic heterocycles. The first kappa shape index (κ1) is 21.2. The molecule has 29 heavy (non-hydrogen) atoms. The summed E-state index contributed by atoms with van der Waals surface area (Å²) in [5.41, 5.74) is 1.52. The summed E-state index contributed by atoms with van der Waals surface area (Å²) in [6.07, 6.45) is 0. The van der Waals surface area contributed by atoms with E-state index in [4.69, 9.17) is 4.74 Å². The number of hydrogen-bond donors (Lipinski definition) is 0. The van der Waals surface area contributed by atoms with Crippen molar-refractivity contribution in [2.45, 2.75) is 25.7 Å². The first-order valence-electron chi connectivity index (χ1n) is 9.48. The molecule has 0 aliphatic carbocycles. The smallest absolute Gasteiger partial charge is 0.271 e. The van der Waals surface area contributed by atoms with Gasteiger partial charge in [0.05, 0.1) is 4.92 Å². The largest absolute Gasteiger partial charge is 0.456 e. The molecule has 1 saturated heterocycles. The molecule has 1 heterocycles. The van der Waals surface area contributed by atoms with Crippen LogP contribution in [0.25, 0.3) is 0 Å². The third-order valence-corrected chi connectivity index (χ3v) is 7.02. The zero-order chi connectivity index (χ0) is 21.2. The average Bonchev–Trinajstić information content (AvgIpc) is 2.70. The number of non-ortho nitro benzene ring substituents is 1. The van der Waals surface area contributed by atoms with Gasteiger partial charge in [0.15, 0.2) is 0 Å². The summed E-state index contributed by atoms with van der Waals surface area (Å²) in [5, 5.41) is 11.3. The van der Waals surface area contributed by atoms with E-state index in [0.717, 1.165) is 23.7 Å². The van der Waals surface area contributed by atoms with E-state index >= 15 is 0 Å². The van der Waals surface area contributed by atoms with Crippen LogP contribution in [0.5, 0.6) is 11.5 Å². The maximum atomic E-state index is 13.3. The lowest BCUT2D eigenvalue weighted by Crippen LogP contribution is -2.48. The number of hydrogen-bond acceptors (Lipinski definition) is 6. The molecule has 2 aromatic rings. The van der Waals surface area contributed by atoms with Crippen LogP contribution in [0.1, 0.15) is 18.1 Å². The number of ether oxygens (including phenoxy) is 1. The van der Waals surface area contributed by atoms with Crippen molar-refractivity contribution in [3.63, 3.8) is 0 Å². The normalized spacial score (nSPS) is 16.0. The summed E-state index contributed by atoms with van der Waals surface area (Å²) < 4.78 is 34.0. The summed E-state index contributed by atoms with van der Waals surface area (Å²) in [4.78, 5) is 12.6. The van der Waals surface area contributed by atoms with Crippen LogP contribution >= 0.6 is 0 Å². The summed E-state index contributed by atoms with van der Waals surface area (Å²) in [5.74, 6) is 0.605. The highest BCUT2D eigenvalue weighted by atomic mass is 32.2. The van der Waals surface area contributed by atoms with Gasteiger partial charge in [-0.2, -0.15) is 4.31 Å². The molecule has 0 bridgehead atoms. The topological polar surface area (TPSA) is 93.0 Å². The SMILES string of the molecule is CCN1CCN(S(=O)(=O)c2cc([N+](=O)[O-])ccc2Oc2cc(C)ccc2C)CC1. The maximum absolute atomic E-state index is 13.3. The van der Waals surface area contributed by atoms with Crippen molar-refractivity contribution in [3.8, 4) is 11.5 Å². The highest BCUT2D eigenvalue weighted by Gasteiger charge is 2.32. The van der Waals surface area contributed by atoms with Gasteiger partial charge in [-0.05, 0) is 43.7 Å². The standard InChI is InChI=1S/C20H25N3O5S/c1-4-21-9-11-22(12-10-21)29(26,27)20-14-17(23(24)25)7-8-18(20)28-19-13-15(2)5-6-16(19)3/h5-8,13-14H,4,9-12H2,1-3H3. The van der Waals surface area contributed by atoms with E-state index in [1.54, 1.807) is 0 Å². The summed E-state index contributed by atoms with van der Waals surface area (Å²) >= 11 is 0. The lowest BCUT2D eigenvalue weighted by Gasteiger charge is -2.33. The predicted molar refractivity (Wildman–Crippen MR) is 110 cm³/mol. The Balaban J connectivity index is 2.02. The van der Waals surface area contributed by atoms with Gasteiger partial charge in [0.1, 0.15) is 16.4 Å². The number of nitrogens with zero attached hydrogens (tertiary/aromatic N) is 3. The molecule has 156 valence electrons. The molecular formula is C20H25N3O5S. The molecule has 1 fully saturated rings. The van der Waals surface area contributed by atoms with Crippen LogP contribution in [0.2, 0.25) is 0 Å². The number of piperazine rings is 1. The van der Waals surface area contributed by atoms with E-state index in [-0.39, 0.29) is 16.3 Å². The van der Waals surface area contributed by atoms with Crippen LogP contribution < -0.4 is 4.74 Å². The Morgan fingerprint density at radius 1 is 1.03 bits per heavy atom. The van der Waals surface area contributed by atoms with Crippen molar-refractivity contribution in [3.05, 3.63) is 57.6 Å². The molecule has 0 unspecified atom stereocenters. The van der Waals surface area contributed by atoms with Crippen LogP contribution in [0.4, 0.5) is 5.69 Å². The minimum Gasteiger partial charge on any atom is -0.456 e. The highest BCUT2D eigenvalue weighted by Crippen LogP contribution is 2.35. The minimum absolute atomic E-state index is 0.0854. The molecule has 0 radical (unpaired) electrons. The fourth-order valence-corrected chi connectivity index (χ4v) is 4.81. The summed E-state index contributed by atoms with van der Waals surface area (Å²) in [7, 11) is -3.95. The Hall–Kier alpha value is -2.49. The molecule has 0 amide bonds. The monoisotopic (exact) mass is 419 g/mol. The van der Waals surface area contributed by atoms with Gasteiger partial charge in [0.25, 0.3) is 5.69 Å². The Labute approximate surface area is 170 Å². The zero-order valence-corrected chi connectivity index (χ0v) is 17.6. The lowest BCUT2D eigenvalue weighted by molar-refractivity contribution is -0.385. The van der Waals surface area contributed by atoms with Crippen molar-refractivity contribution in [2.24, 2.45) is 0 Å². The Morgan fingerprint density at radius 2 is 1.72 bits per heavy atom. The second kappa shape index (κ2) is 8.48. The van der Waals surface area contributed by atoms with Gasteiger partial charge in [0.2, 0.25) is 10.0 Å². The van der Waals surface area contributed by atoms with Crippen LogP contribution in [0.3, 0.4) is 0 Å². The molecular weight excluding hydrogens is 394 g/mol.